The fourth-order valence-electron chi connectivity index (χ4n) is 0.553. The van der Waals surface area contributed by atoms with Gasteiger partial charge in [-0.3, -0.25) is 4.79 Å². The van der Waals surface area contributed by atoms with Crippen LogP contribution in [-0.2, 0) is 0 Å². The Morgan fingerprint density at radius 1 is 1.75 bits per heavy atom. The molecule has 8 heavy (non-hydrogen) atoms. The van der Waals surface area contributed by atoms with Gasteiger partial charge in [-0.05, 0) is 11.6 Å². The summed E-state index contributed by atoms with van der Waals surface area (Å²) in [6.07, 6.45) is 0. The molecule has 0 N–H and O–H groups in total. The number of amides is 1. The van der Waals surface area contributed by atoms with Gasteiger partial charge in [0.15, 0.2) is 0 Å². The summed E-state index contributed by atoms with van der Waals surface area (Å²) in [6.45, 7) is 0.812. The van der Waals surface area contributed by atoms with E-state index in [0.717, 1.165) is 18.2 Å². The fraction of sp³-hybridized carbons (Fsp3) is 0.750. The molecule has 0 aromatic heterocycles. The Morgan fingerprint density at radius 2 is 2.50 bits per heavy atom. The third-order valence-corrected chi connectivity index (χ3v) is 2.21. The molecule has 0 spiro atoms. The van der Waals surface area contributed by atoms with E-state index in [2.05, 4.69) is 0 Å². The molecule has 0 atom stereocenters. The fourth-order valence-corrected chi connectivity index (χ4v) is 1.71. The average molecular weight is 152 g/mol. The van der Waals surface area contributed by atoms with E-state index >= 15 is 0 Å². The van der Waals surface area contributed by atoms with Gasteiger partial charge in [-0.2, -0.15) is 0 Å². The second-order valence-corrected chi connectivity index (χ2v) is 2.95. The summed E-state index contributed by atoms with van der Waals surface area (Å²) in [7, 11) is 0. The Morgan fingerprint density at radius 3 is 2.75 bits per heavy atom. The number of carbonyl (C=O) groups is 1. The predicted octanol–water partition coefficient (Wildman–Crippen LogP) is 1.35. The van der Waals surface area contributed by atoms with Gasteiger partial charge in [0, 0.05) is 12.3 Å². The first-order valence-corrected chi connectivity index (χ1v) is 3.86. The Bertz CT molecular complexity index is 102. The molecule has 0 unspecified atom stereocenters. The number of thioether (sulfide) groups is 1. The molecule has 46 valence electrons. The lowest BCUT2D eigenvalue weighted by Crippen LogP contribution is -2.21. The molecule has 0 saturated carbocycles. The molecule has 1 heterocycles. The van der Waals surface area contributed by atoms with Gasteiger partial charge in [-0.1, -0.05) is 0 Å². The Labute approximate surface area is 57.2 Å². The van der Waals surface area contributed by atoms with Crippen LogP contribution in [0.15, 0.2) is 0 Å². The number of rotatable bonds is 0. The van der Waals surface area contributed by atoms with Crippen LogP contribution in [0.2, 0.25) is 0 Å². The van der Waals surface area contributed by atoms with Crippen LogP contribution in [0.25, 0.3) is 0 Å². The van der Waals surface area contributed by atoms with Crippen molar-refractivity contribution in [3.05, 3.63) is 0 Å². The molecule has 1 aliphatic heterocycles. The van der Waals surface area contributed by atoms with Gasteiger partial charge in [-0.25, -0.2) is 0 Å². The van der Waals surface area contributed by atoms with Crippen molar-refractivity contribution in [3.63, 3.8) is 0 Å². The molecule has 0 aliphatic carbocycles. The maximum absolute atomic E-state index is 10.3. The smallest absolute Gasteiger partial charge is 0.317 e. The molecule has 0 aromatic rings. The normalized spacial score (nSPS) is 19.4. The van der Waals surface area contributed by atoms with Crippen molar-refractivity contribution in [1.29, 1.82) is 0 Å². The molecule has 1 rings (SSSR count). The van der Waals surface area contributed by atoms with Gasteiger partial charge >= 0.3 is 5.37 Å². The number of hydrogen-bond donors (Lipinski definition) is 0. The molecule has 0 bridgehead atoms. The minimum atomic E-state index is -0.324. The van der Waals surface area contributed by atoms with Crippen molar-refractivity contribution < 1.29 is 4.79 Å². The lowest BCUT2D eigenvalue weighted by Gasteiger charge is -2.06. The van der Waals surface area contributed by atoms with Crippen molar-refractivity contribution in [2.45, 2.75) is 0 Å². The van der Waals surface area contributed by atoms with E-state index in [1.165, 1.54) is 0 Å². The van der Waals surface area contributed by atoms with E-state index in [-0.39, 0.29) is 5.37 Å². The van der Waals surface area contributed by atoms with Gasteiger partial charge in [0.25, 0.3) is 0 Å². The summed E-state index contributed by atoms with van der Waals surface area (Å²) in [5, 5.41) is -0.324. The van der Waals surface area contributed by atoms with E-state index in [4.69, 9.17) is 11.6 Å². The lowest BCUT2D eigenvalue weighted by molar-refractivity contribution is 0.234. The van der Waals surface area contributed by atoms with E-state index in [1.807, 2.05) is 0 Å². The number of carbonyl (C=O) groups excluding carboxylic acids is 1. The highest BCUT2D eigenvalue weighted by atomic mass is 35.5. The van der Waals surface area contributed by atoms with E-state index < -0.39 is 0 Å². The summed E-state index contributed by atoms with van der Waals surface area (Å²) >= 11 is 6.89. The van der Waals surface area contributed by atoms with Crippen LogP contribution in [0.4, 0.5) is 4.79 Å². The standard InChI is InChI=1S/C4H6ClNOS/c5-4(7)6-1-2-8-3-6/h1-3H2. The number of halogens is 1. The van der Waals surface area contributed by atoms with Gasteiger partial charge in [-0.15, -0.1) is 11.8 Å². The molecule has 1 fully saturated rings. The molecule has 1 amide bonds. The summed E-state index contributed by atoms with van der Waals surface area (Å²) in [5.74, 6) is 1.79. The molecular weight excluding hydrogens is 146 g/mol. The van der Waals surface area contributed by atoms with E-state index in [9.17, 15) is 4.79 Å². The van der Waals surface area contributed by atoms with Crippen molar-refractivity contribution >= 4 is 28.7 Å². The summed E-state index contributed by atoms with van der Waals surface area (Å²) in [4.78, 5) is 11.9. The van der Waals surface area contributed by atoms with Crippen molar-refractivity contribution in [3.8, 4) is 0 Å². The van der Waals surface area contributed by atoms with Gasteiger partial charge in [0.1, 0.15) is 0 Å². The van der Waals surface area contributed by atoms with Crippen LogP contribution in [-0.4, -0.2) is 28.4 Å². The molecule has 1 aliphatic rings. The second-order valence-electron chi connectivity index (χ2n) is 1.55. The van der Waals surface area contributed by atoms with Crippen LogP contribution < -0.4 is 0 Å². The number of nitrogens with zero attached hydrogens (tertiary/aromatic N) is 1. The highest BCUT2D eigenvalue weighted by Gasteiger charge is 2.14. The maximum atomic E-state index is 10.3. The van der Waals surface area contributed by atoms with Crippen molar-refractivity contribution in [1.82, 2.24) is 4.90 Å². The number of hydrogen-bond acceptors (Lipinski definition) is 2. The van der Waals surface area contributed by atoms with Crippen LogP contribution in [0.5, 0.6) is 0 Å². The maximum Gasteiger partial charge on any atom is 0.317 e. The second kappa shape index (κ2) is 2.60. The minimum Gasteiger partial charge on any atom is -0.319 e. The zero-order valence-corrected chi connectivity index (χ0v) is 5.84. The first kappa shape index (κ1) is 6.23. The third-order valence-electron chi connectivity index (χ3n) is 1.00. The molecule has 2 nitrogen and oxygen atoms in total. The lowest BCUT2D eigenvalue weighted by atomic mass is 10.7. The molecular formula is C4H6ClNOS. The average Bonchev–Trinajstić information content (AvgIpc) is 2.12. The van der Waals surface area contributed by atoms with Crippen molar-refractivity contribution in [2.24, 2.45) is 0 Å². The predicted molar refractivity (Wildman–Crippen MR) is 35.3 cm³/mol. The Kier molecular flexibility index (Phi) is 2.02. The van der Waals surface area contributed by atoms with Crippen LogP contribution in [0, 0.1) is 0 Å². The molecule has 4 heteroatoms. The Balaban J connectivity index is 2.35. The van der Waals surface area contributed by atoms with Gasteiger partial charge in [0.05, 0.1) is 5.88 Å². The quantitative estimate of drug-likeness (QED) is 0.385. The van der Waals surface area contributed by atoms with Crippen LogP contribution in [0.3, 0.4) is 0 Å². The monoisotopic (exact) mass is 151 g/mol. The SMILES string of the molecule is O=C(Cl)N1CCSC1. The molecule has 0 aromatic carbocycles. The summed E-state index contributed by atoms with van der Waals surface area (Å²) in [6, 6.07) is 0. The molecule has 1 saturated heterocycles. The van der Waals surface area contributed by atoms with Crippen LogP contribution in [0.1, 0.15) is 0 Å². The van der Waals surface area contributed by atoms with Crippen molar-refractivity contribution in [2.75, 3.05) is 18.2 Å². The minimum absolute atomic E-state index is 0.324. The first-order chi connectivity index (χ1) is 3.80. The highest BCUT2D eigenvalue weighted by Crippen LogP contribution is 2.14. The zero-order valence-electron chi connectivity index (χ0n) is 4.26. The zero-order chi connectivity index (χ0) is 5.98. The van der Waals surface area contributed by atoms with Gasteiger partial charge < -0.3 is 4.90 Å². The molecule has 0 radical (unpaired) electrons. The largest absolute Gasteiger partial charge is 0.319 e. The Hall–Kier alpha value is 0.110. The summed E-state index contributed by atoms with van der Waals surface area (Å²) in [5.41, 5.74) is 0. The first-order valence-electron chi connectivity index (χ1n) is 2.33. The van der Waals surface area contributed by atoms with E-state index in [1.54, 1.807) is 16.7 Å². The topological polar surface area (TPSA) is 20.3 Å². The summed E-state index contributed by atoms with van der Waals surface area (Å²) < 4.78 is 0. The van der Waals surface area contributed by atoms with Crippen LogP contribution >= 0.6 is 23.4 Å². The van der Waals surface area contributed by atoms with Gasteiger partial charge in [0.2, 0.25) is 0 Å². The third kappa shape index (κ3) is 1.29. The van der Waals surface area contributed by atoms with E-state index in [0.29, 0.717) is 0 Å². The highest BCUT2D eigenvalue weighted by molar-refractivity contribution is 7.99.